The average Bonchev–Trinajstić information content (AvgIpc) is 3.26. The van der Waals surface area contributed by atoms with Gasteiger partial charge in [0.2, 0.25) is 0 Å². The van der Waals surface area contributed by atoms with Crippen LogP contribution in [0.4, 0.5) is 0 Å². The number of nitrogens with one attached hydrogen (secondary N) is 1. The Morgan fingerprint density at radius 2 is 1.67 bits per heavy atom. The largest absolute Gasteiger partial charge is 0.507 e. The van der Waals surface area contributed by atoms with Gasteiger partial charge in [0.25, 0.3) is 0 Å². The summed E-state index contributed by atoms with van der Waals surface area (Å²) in [6.45, 7) is -0.567. The summed E-state index contributed by atoms with van der Waals surface area (Å²) in [6, 6.07) is 21.5. The van der Waals surface area contributed by atoms with Crippen LogP contribution in [0.5, 0.6) is 0 Å². The number of ether oxygens (including phenoxy) is 1. The third-order valence-corrected chi connectivity index (χ3v) is 5.12. The number of nitrogens with zero attached hydrogens (tertiary/aromatic N) is 2. The van der Waals surface area contributed by atoms with Gasteiger partial charge in [0.05, 0.1) is 16.6 Å². The van der Waals surface area contributed by atoms with Gasteiger partial charge in [-0.2, -0.15) is 5.26 Å². The topological polar surface area (TPSA) is 116 Å². The van der Waals surface area contributed by atoms with Gasteiger partial charge in [-0.05, 0) is 42.5 Å². The zero-order chi connectivity index (χ0) is 23.4. The number of esters is 1. The predicted octanol–water partition coefficient (Wildman–Crippen LogP) is 5.10. The number of imidazole rings is 1. The lowest BCUT2D eigenvalue weighted by atomic mass is 9.98. The molecule has 8 heteroatoms. The van der Waals surface area contributed by atoms with Gasteiger partial charge < -0.3 is 14.8 Å². The Hall–Kier alpha value is -4.41. The second-order valence-electron chi connectivity index (χ2n) is 6.99. The number of carbonyl (C=O) groups excluding carboxylic acids is 2. The van der Waals surface area contributed by atoms with Crippen molar-refractivity contribution in [3.8, 4) is 6.07 Å². The molecular formula is C25H16ClN3O4. The second kappa shape index (κ2) is 9.39. The van der Waals surface area contributed by atoms with Crippen LogP contribution in [0.25, 0.3) is 16.6 Å². The van der Waals surface area contributed by atoms with E-state index in [1.54, 1.807) is 54.6 Å². The number of para-hydroxylation sites is 2. The lowest BCUT2D eigenvalue weighted by molar-refractivity contribution is 0.0500. The maximum absolute atomic E-state index is 12.9. The van der Waals surface area contributed by atoms with Gasteiger partial charge in [0.15, 0.2) is 17.4 Å². The van der Waals surface area contributed by atoms with Crippen LogP contribution in [-0.2, 0) is 4.74 Å². The predicted molar refractivity (Wildman–Crippen MR) is 123 cm³/mol. The van der Waals surface area contributed by atoms with Gasteiger partial charge in [-0.15, -0.1) is 0 Å². The van der Waals surface area contributed by atoms with E-state index in [0.29, 0.717) is 21.6 Å². The van der Waals surface area contributed by atoms with Gasteiger partial charge in [0.1, 0.15) is 18.2 Å². The summed E-state index contributed by atoms with van der Waals surface area (Å²) in [5, 5.41) is 20.4. The maximum Gasteiger partial charge on any atom is 0.339 e. The Labute approximate surface area is 193 Å². The fourth-order valence-corrected chi connectivity index (χ4v) is 3.35. The van der Waals surface area contributed by atoms with Crippen LogP contribution in [0.15, 0.2) is 78.6 Å². The van der Waals surface area contributed by atoms with Crippen LogP contribution in [0.2, 0.25) is 5.02 Å². The highest BCUT2D eigenvalue weighted by molar-refractivity contribution is 6.30. The Morgan fingerprint density at radius 3 is 2.36 bits per heavy atom. The first-order valence-electron chi connectivity index (χ1n) is 9.81. The standard InChI is InChI=1S/C25H16ClN3O4/c26-16-11-9-15(10-12-16)23(31)17-5-1-2-6-18(17)25(32)33-14-22(30)19(13-27)24-28-20-7-3-4-8-21(20)29-24/h1-12,30H,14H2,(H,28,29). The molecule has 0 saturated carbocycles. The number of hydrogen-bond donors (Lipinski definition) is 2. The highest BCUT2D eigenvalue weighted by Crippen LogP contribution is 2.21. The lowest BCUT2D eigenvalue weighted by Crippen LogP contribution is -2.14. The van der Waals surface area contributed by atoms with Crippen molar-refractivity contribution in [3.63, 3.8) is 0 Å². The number of aliphatic hydroxyl groups excluding tert-OH is 1. The summed E-state index contributed by atoms with van der Waals surface area (Å²) < 4.78 is 5.20. The van der Waals surface area contributed by atoms with Gasteiger partial charge in [-0.25, -0.2) is 9.78 Å². The Kier molecular flexibility index (Phi) is 6.20. The average molecular weight is 458 g/mol. The fraction of sp³-hybridized carbons (Fsp3) is 0.0400. The molecule has 0 spiro atoms. The first-order chi connectivity index (χ1) is 16.0. The molecule has 2 N–H and O–H groups in total. The van der Waals surface area contributed by atoms with E-state index in [2.05, 4.69) is 9.97 Å². The van der Waals surface area contributed by atoms with Gasteiger partial charge in [-0.3, -0.25) is 4.79 Å². The molecule has 1 aromatic heterocycles. The molecule has 0 fully saturated rings. The second-order valence-corrected chi connectivity index (χ2v) is 7.43. The molecule has 4 rings (SSSR count). The number of ketones is 1. The molecule has 1 heterocycles. The van der Waals surface area contributed by atoms with Crippen LogP contribution in [0.1, 0.15) is 32.1 Å². The molecule has 0 unspecified atom stereocenters. The number of hydrogen-bond acceptors (Lipinski definition) is 6. The van der Waals surface area contributed by atoms with Crippen molar-refractivity contribution in [3.05, 3.63) is 106 Å². The van der Waals surface area contributed by atoms with Crippen LogP contribution in [0, 0.1) is 11.3 Å². The number of carbonyl (C=O) groups is 2. The number of allylic oxidation sites excluding steroid dienone is 1. The normalized spacial score (nSPS) is 11.5. The number of nitriles is 1. The number of fused-ring (bicyclic) bond motifs is 1. The van der Waals surface area contributed by atoms with Crippen molar-refractivity contribution in [2.24, 2.45) is 0 Å². The summed E-state index contributed by atoms with van der Waals surface area (Å²) in [7, 11) is 0. The zero-order valence-corrected chi connectivity index (χ0v) is 17.8. The number of aromatic amines is 1. The molecule has 0 aliphatic heterocycles. The van der Waals surface area contributed by atoms with Crippen molar-refractivity contribution in [2.45, 2.75) is 0 Å². The molecule has 0 radical (unpaired) electrons. The Balaban J connectivity index is 1.55. The van der Waals surface area contributed by atoms with E-state index in [1.165, 1.54) is 12.1 Å². The zero-order valence-electron chi connectivity index (χ0n) is 17.1. The number of aromatic nitrogens is 2. The van der Waals surface area contributed by atoms with Gasteiger partial charge in [0, 0.05) is 16.1 Å². The molecule has 0 aliphatic carbocycles. The fourth-order valence-electron chi connectivity index (χ4n) is 3.23. The minimum atomic E-state index is -0.818. The van der Waals surface area contributed by atoms with Crippen LogP contribution < -0.4 is 0 Å². The number of benzene rings is 3. The molecule has 4 aromatic rings. The number of aliphatic hydroxyl groups is 1. The molecular weight excluding hydrogens is 442 g/mol. The number of H-pyrrole nitrogens is 1. The minimum Gasteiger partial charge on any atom is -0.507 e. The van der Waals surface area contributed by atoms with Crippen molar-refractivity contribution in [1.82, 2.24) is 9.97 Å². The van der Waals surface area contributed by atoms with E-state index >= 15 is 0 Å². The lowest BCUT2D eigenvalue weighted by Gasteiger charge is -2.09. The Morgan fingerprint density at radius 1 is 1.00 bits per heavy atom. The molecule has 0 bridgehead atoms. The molecule has 7 nitrogen and oxygen atoms in total. The summed E-state index contributed by atoms with van der Waals surface area (Å²) in [4.78, 5) is 32.8. The van der Waals surface area contributed by atoms with E-state index in [1.807, 2.05) is 12.1 Å². The molecule has 0 aliphatic rings. The number of halogens is 1. The van der Waals surface area contributed by atoms with E-state index < -0.39 is 18.3 Å². The first kappa shape index (κ1) is 21.8. The van der Waals surface area contributed by atoms with Gasteiger partial charge >= 0.3 is 5.97 Å². The highest BCUT2D eigenvalue weighted by atomic mass is 35.5. The maximum atomic E-state index is 12.9. The van der Waals surface area contributed by atoms with E-state index in [-0.39, 0.29) is 28.3 Å². The van der Waals surface area contributed by atoms with E-state index in [0.717, 1.165) is 0 Å². The molecule has 0 atom stereocenters. The summed E-state index contributed by atoms with van der Waals surface area (Å²) >= 11 is 5.88. The highest BCUT2D eigenvalue weighted by Gasteiger charge is 2.21. The summed E-state index contributed by atoms with van der Waals surface area (Å²) in [6.07, 6.45) is 0. The SMILES string of the molecule is N#CC(=C(O)COC(=O)c1ccccc1C(=O)c1ccc(Cl)cc1)c1nc2ccccc2[nH]1. The van der Waals surface area contributed by atoms with E-state index in [9.17, 15) is 20.0 Å². The Bertz CT molecular complexity index is 1400. The quantitative estimate of drug-likeness (QED) is 0.180. The van der Waals surface area contributed by atoms with Crippen molar-refractivity contribution in [2.75, 3.05) is 6.61 Å². The molecule has 0 saturated heterocycles. The third-order valence-electron chi connectivity index (χ3n) is 4.86. The molecule has 3 aromatic carbocycles. The summed E-state index contributed by atoms with van der Waals surface area (Å²) in [5.41, 5.74) is 1.71. The number of rotatable bonds is 6. The van der Waals surface area contributed by atoms with Crippen molar-refractivity contribution in [1.29, 1.82) is 5.26 Å². The van der Waals surface area contributed by atoms with Crippen molar-refractivity contribution >= 4 is 40.0 Å². The molecule has 33 heavy (non-hydrogen) atoms. The van der Waals surface area contributed by atoms with E-state index in [4.69, 9.17) is 16.3 Å². The summed E-state index contributed by atoms with van der Waals surface area (Å²) in [5.74, 6) is -1.50. The van der Waals surface area contributed by atoms with Crippen LogP contribution in [-0.4, -0.2) is 33.4 Å². The van der Waals surface area contributed by atoms with Gasteiger partial charge in [-0.1, -0.05) is 41.9 Å². The minimum absolute atomic E-state index is 0.0347. The third kappa shape index (κ3) is 4.61. The first-order valence-corrected chi connectivity index (χ1v) is 10.2. The molecule has 0 amide bonds. The van der Waals surface area contributed by atoms with Crippen LogP contribution in [0.3, 0.4) is 0 Å². The van der Waals surface area contributed by atoms with Crippen molar-refractivity contribution < 1.29 is 19.4 Å². The monoisotopic (exact) mass is 457 g/mol. The van der Waals surface area contributed by atoms with Crippen LogP contribution >= 0.6 is 11.6 Å². The smallest absolute Gasteiger partial charge is 0.339 e. The molecule has 162 valence electrons.